The second-order valence-corrected chi connectivity index (χ2v) is 7.41. The van der Waals surface area contributed by atoms with Gasteiger partial charge in [0.1, 0.15) is 23.0 Å². The van der Waals surface area contributed by atoms with Crippen molar-refractivity contribution in [2.45, 2.75) is 18.9 Å². The summed E-state index contributed by atoms with van der Waals surface area (Å²) in [6.07, 6.45) is 5.69. The minimum Gasteiger partial charge on any atom is -0.357 e. The van der Waals surface area contributed by atoms with Crippen LogP contribution in [0.5, 0.6) is 0 Å². The van der Waals surface area contributed by atoms with Gasteiger partial charge in [-0.05, 0) is 55.3 Å². The molecule has 6 nitrogen and oxygen atoms in total. The summed E-state index contributed by atoms with van der Waals surface area (Å²) in [6.45, 7) is 1.89. The number of H-pyrrole nitrogens is 1. The Kier molecular flexibility index (Phi) is 4.44. The third kappa shape index (κ3) is 3.56. The van der Waals surface area contributed by atoms with Gasteiger partial charge in [-0.2, -0.15) is 0 Å². The predicted octanol–water partition coefficient (Wildman–Crippen LogP) is 3.75. The molecular weight excluding hydrogens is 367 g/mol. The van der Waals surface area contributed by atoms with Gasteiger partial charge in [0.15, 0.2) is 5.65 Å². The van der Waals surface area contributed by atoms with Crippen LogP contribution in [0.1, 0.15) is 12.8 Å². The van der Waals surface area contributed by atoms with Crippen molar-refractivity contribution in [3.8, 4) is 22.5 Å². The molecular formula is C22H21FN6. The van der Waals surface area contributed by atoms with Gasteiger partial charge in [-0.15, -0.1) is 0 Å². The first-order chi connectivity index (χ1) is 14.2. The summed E-state index contributed by atoms with van der Waals surface area (Å²) in [5.74, 6) is 1.38. The quantitative estimate of drug-likeness (QED) is 0.558. The summed E-state index contributed by atoms with van der Waals surface area (Å²) in [5, 5.41) is 0. The van der Waals surface area contributed by atoms with E-state index in [2.05, 4.69) is 30.9 Å². The highest BCUT2D eigenvalue weighted by molar-refractivity contribution is 5.81. The molecule has 0 spiro atoms. The van der Waals surface area contributed by atoms with Crippen LogP contribution in [-0.2, 0) is 0 Å². The number of aromatic nitrogens is 4. The van der Waals surface area contributed by atoms with Crippen molar-refractivity contribution in [2.75, 3.05) is 18.0 Å². The average Bonchev–Trinajstić information content (AvgIpc) is 3.18. The molecule has 0 atom stereocenters. The Labute approximate surface area is 167 Å². The molecule has 1 saturated heterocycles. The SMILES string of the molecule is NC1CCN(c2ccc(-c3cnc4[nH]c(-c5ccc(F)cc5)nc4c3)cn2)CC1. The highest BCUT2D eigenvalue weighted by Crippen LogP contribution is 2.26. The van der Waals surface area contributed by atoms with Crippen molar-refractivity contribution in [1.82, 2.24) is 19.9 Å². The third-order valence-corrected chi connectivity index (χ3v) is 5.40. The Hall–Kier alpha value is -3.32. The largest absolute Gasteiger partial charge is 0.357 e. The van der Waals surface area contributed by atoms with Crippen molar-refractivity contribution in [3.63, 3.8) is 0 Å². The molecule has 4 aromatic rings. The molecule has 5 rings (SSSR count). The fourth-order valence-corrected chi connectivity index (χ4v) is 3.67. The van der Waals surface area contributed by atoms with E-state index in [1.807, 2.05) is 24.5 Å². The predicted molar refractivity (Wildman–Crippen MR) is 112 cm³/mol. The van der Waals surface area contributed by atoms with E-state index in [4.69, 9.17) is 5.73 Å². The number of hydrogen-bond donors (Lipinski definition) is 2. The van der Waals surface area contributed by atoms with Gasteiger partial charge in [-0.3, -0.25) is 0 Å². The molecule has 3 aromatic heterocycles. The Balaban J connectivity index is 1.40. The summed E-state index contributed by atoms with van der Waals surface area (Å²) < 4.78 is 13.2. The van der Waals surface area contributed by atoms with E-state index in [0.29, 0.717) is 17.5 Å². The molecule has 1 aliphatic heterocycles. The molecule has 0 unspecified atom stereocenters. The number of anilines is 1. The second kappa shape index (κ2) is 7.25. The number of hydrogen-bond acceptors (Lipinski definition) is 5. The van der Waals surface area contributed by atoms with Crippen molar-refractivity contribution in [3.05, 3.63) is 60.7 Å². The van der Waals surface area contributed by atoms with Crippen LogP contribution in [0.25, 0.3) is 33.7 Å². The molecule has 0 saturated carbocycles. The maximum atomic E-state index is 13.2. The topological polar surface area (TPSA) is 83.7 Å². The molecule has 1 aromatic carbocycles. The molecule has 0 aliphatic carbocycles. The number of imidazole rings is 1. The highest BCUT2D eigenvalue weighted by Gasteiger charge is 2.17. The van der Waals surface area contributed by atoms with Crippen LogP contribution < -0.4 is 10.6 Å². The lowest BCUT2D eigenvalue weighted by molar-refractivity contribution is 0.498. The van der Waals surface area contributed by atoms with Crippen molar-refractivity contribution in [2.24, 2.45) is 5.73 Å². The maximum absolute atomic E-state index is 13.2. The minimum atomic E-state index is -0.270. The van der Waals surface area contributed by atoms with Crippen molar-refractivity contribution >= 4 is 17.0 Å². The van der Waals surface area contributed by atoms with E-state index < -0.39 is 0 Å². The number of benzene rings is 1. The Bertz CT molecular complexity index is 1130. The molecule has 0 radical (unpaired) electrons. The van der Waals surface area contributed by atoms with Crippen LogP contribution in [0, 0.1) is 5.82 Å². The van der Waals surface area contributed by atoms with Crippen LogP contribution in [-0.4, -0.2) is 39.1 Å². The van der Waals surface area contributed by atoms with Gasteiger partial charge >= 0.3 is 0 Å². The number of halogens is 1. The second-order valence-electron chi connectivity index (χ2n) is 7.41. The van der Waals surface area contributed by atoms with E-state index >= 15 is 0 Å². The third-order valence-electron chi connectivity index (χ3n) is 5.40. The zero-order valence-corrected chi connectivity index (χ0v) is 15.8. The van der Waals surface area contributed by atoms with Crippen LogP contribution in [0.3, 0.4) is 0 Å². The molecule has 3 N–H and O–H groups in total. The molecule has 7 heteroatoms. The maximum Gasteiger partial charge on any atom is 0.157 e. The van der Waals surface area contributed by atoms with Crippen LogP contribution in [0.2, 0.25) is 0 Å². The monoisotopic (exact) mass is 388 g/mol. The molecule has 1 fully saturated rings. The zero-order chi connectivity index (χ0) is 19.8. The van der Waals surface area contributed by atoms with Gasteiger partial charge in [0, 0.05) is 48.2 Å². The van der Waals surface area contributed by atoms with Gasteiger partial charge < -0.3 is 15.6 Å². The Morgan fingerprint density at radius 1 is 0.931 bits per heavy atom. The summed E-state index contributed by atoms with van der Waals surface area (Å²) in [5.41, 5.74) is 10.2. The average molecular weight is 388 g/mol. The molecule has 146 valence electrons. The van der Waals surface area contributed by atoms with Gasteiger partial charge in [-0.1, -0.05) is 0 Å². The van der Waals surface area contributed by atoms with E-state index in [0.717, 1.165) is 54.0 Å². The fraction of sp³-hybridized carbons (Fsp3) is 0.227. The van der Waals surface area contributed by atoms with Crippen molar-refractivity contribution in [1.29, 1.82) is 0 Å². The zero-order valence-electron chi connectivity index (χ0n) is 15.8. The number of nitrogens with one attached hydrogen (secondary N) is 1. The minimum absolute atomic E-state index is 0.270. The fourth-order valence-electron chi connectivity index (χ4n) is 3.67. The number of nitrogens with two attached hydrogens (primary N) is 1. The summed E-state index contributed by atoms with van der Waals surface area (Å²) in [4.78, 5) is 19.2. The van der Waals surface area contributed by atoms with E-state index in [-0.39, 0.29) is 5.82 Å². The first kappa shape index (κ1) is 17.8. The molecule has 1 aliphatic rings. The van der Waals surface area contributed by atoms with Crippen LogP contribution in [0.4, 0.5) is 10.2 Å². The number of nitrogens with zero attached hydrogens (tertiary/aromatic N) is 4. The first-order valence-electron chi connectivity index (χ1n) is 9.74. The van der Waals surface area contributed by atoms with Crippen LogP contribution in [0.15, 0.2) is 54.9 Å². The molecule has 4 heterocycles. The smallest absolute Gasteiger partial charge is 0.157 e. The van der Waals surface area contributed by atoms with E-state index in [1.54, 1.807) is 12.1 Å². The molecule has 0 amide bonds. The Morgan fingerprint density at radius 3 is 2.38 bits per heavy atom. The van der Waals surface area contributed by atoms with Crippen LogP contribution >= 0.6 is 0 Å². The van der Waals surface area contributed by atoms with Gasteiger partial charge in [-0.25, -0.2) is 19.3 Å². The highest BCUT2D eigenvalue weighted by atomic mass is 19.1. The number of pyridine rings is 2. The van der Waals surface area contributed by atoms with E-state index in [1.165, 1.54) is 12.1 Å². The van der Waals surface area contributed by atoms with Gasteiger partial charge in [0.05, 0.1) is 0 Å². The summed E-state index contributed by atoms with van der Waals surface area (Å²) in [7, 11) is 0. The van der Waals surface area contributed by atoms with E-state index in [9.17, 15) is 4.39 Å². The molecule has 0 bridgehead atoms. The summed E-state index contributed by atoms with van der Waals surface area (Å²) in [6, 6.07) is 12.6. The Morgan fingerprint density at radius 2 is 1.66 bits per heavy atom. The summed E-state index contributed by atoms with van der Waals surface area (Å²) >= 11 is 0. The normalized spacial score (nSPS) is 15.2. The number of aromatic amines is 1. The van der Waals surface area contributed by atoms with Gasteiger partial charge in [0.25, 0.3) is 0 Å². The first-order valence-corrected chi connectivity index (χ1v) is 9.74. The lowest BCUT2D eigenvalue weighted by atomic mass is 10.1. The standard InChI is InChI=1S/C22H21FN6/c23-17-4-1-14(2-5-17)21-27-19-11-16(13-26-22(19)28-21)15-3-6-20(25-12-15)29-9-7-18(24)8-10-29/h1-6,11-13,18H,7-10,24H2,(H,26,27,28). The van der Waals surface area contributed by atoms with Gasteiger partial charge in [0.2, 0.25) is 0 Å². The number of piperidine rings is 1. The lowest BCUT2D eigenvalue weighted by Crippen LogP contribution is -2.40. The number of fused-ring (bicyclic) bond motifs is 1. The number of rotatable bonds is 3. The molecule has 29 heavy (non-hydrogen) atoms. The van der Waals surface area contributed by atoms with Crippen molar-refractivity contribution < 1.29 is 4.39 Å². The lowest BCUT2D eigenvalue weighted by Gasteiger charge is -2.31.